The summed E-state index contributed by atoms with van der Waals surface area (Å²) in [7, 11) is -3.19. The number of rotatable bonds is 11. The van der Waals surface area contributed by atoms with Crippen LogP contribution in [-0.2, 0) is 37.8 Å². The summed E-state index contributed by atoms with van der Waals surface area (Å²) < 4.78 is 121. The minimum Gasteiger partial charge on any atom is -0.439 e. The number of hydrogen-bond donors (Lipinski definition) is 1. The highest BCUT2D eigenvalue weighted by atomic mass is 32.2. The Morgan fingerprint density at radius 1 is 1.05 bits per heavy atom. The number of aromatic nitrogens is 2. The highest BCUT2D eigenvalue weighted by molar-refractivity contribution is 7.89. The highest BCUT2D eigenvalue weighted by Gasteiger charge is 2.46. The van der Waals surface area contributed by atoms with E-state index in [1.54, 1.807) is 30.3 Å². The van der Waals surface area contributed by atoms with Gasteiger partial charge in [0.05, 0.1) is 24.5 Å². The van der Waals surface area contributed by atoms with Crippen LogP contribution in [0.1, 0.15) is 17.5 Å². The number of benzene rings is 2. The van der Waals surface area contributed by atoms with Crippen LogP contribution in [0.15, 0.2) is 54.6 Å². The maximum Gasteiger partial charge on any atom is 0.416 e. The van der Waals surface area contributed by atoms with Crippen LogP contribution in [0.5, 0.6) is 11.6 Å². The van der Waals surface area contributed by atoms with Crippen molar-refractivity contribution in [2.24, 2.45) is 0 Å². The number of alkyl halides is 6. The van der Waals surface area contributed by atoms with Gasteiger partial charge in [0.15, 0.2) is 5.75 Å². The van der Waals surface area contributed by atoms with Gasteiger partial charge in [0.25, 0.3) is 0 Å². The summed E-state index contributed by atoms with van der Waals surface area (Å²) in [5, 5.41) is 4.53. The standard InChI is InChI=1S/C25H25F6N3O5S/c1-37-11-3-10-34-22(39-20-8-6-18(7-9-20)25(29,30)31)13-21(32-34)17-4-2-5-19(12-17)23(14-38-15-23)33-40(35,36)16-24(26,27)28/h2,4-9,12-13,33H,3,10-11,14-16H2,1H3. The van der Waals surface area contributed by atoms with E-state index in [2.05, 4.69) is 9.82 Å². The van der Waals surface area contributed by atoms with Crippen LogP contribution in [0.25, 0.3) is 11.3 Å². The van der Waals surface area contributed by atoms with E-state index in [4.69, 9.17) is 14.2 Å². The smallest absolute Gasteiger partial charge is 0.416 e. The summed E-state index contributed by atoms with van der Waals surface area (Å²) in [6.07, 6.45) is -8.87. The van der Waals surface area contributed by atoms with Gasteiger partial charge in [0.2, 0.25) is 15.9 Å². The summed E-state index contributed by atoms with van der Waals surface area (Å²) in [6, 6.07) is 12.1. The Hall–Kier alpha value is -3.14. The normalized spacial score (nSPS) is 15.6. The average molecular weight is 594 g/mol. The highest BCUT2D eigenvalue weighted by Crippen LogP contribution is 2.36. The molecule has 1 saturated heterocycles. The average Bonchev–Trinajstić information content (AvgIpc) is 3.22. The van der Waals surface area contributed by atoms with Gasteiger partial charge in [-0.15, -0.1) is 0 Å². The maximum atomic E-state index is 12.9. The number of hydrogen-bond acceptors (Lipinski definition) is 6. The van der Waals surface area contributed by atoms with Gasteiger partial charge in [-0.05, 0) is 42.3 Å². The van der Waals surface area contributed by atoms with E-state index in [-0.39, 0.29) is 24.8 Å². The Bertz CT molecular complexity index is 1420. The lowest BCUT2D eigenvalue weighted by Crippen LogP contribution is -2.60. The number of nitrogens with zero attached hydrogens (tertiary/aromatic N) is 2. The van der Waals surface area contributed by atoms with E-state index in [1.807, 2.05) is 0 Å². The van der Waals surface area contributed by atoms with E-state index < -0.39 is 39.2 Å². The number of methoxy groups -OCH3 is 1. The second-order valence-electron chi connectivity index (χ2n) is 9.19. The lowest BCUT2D eigenvalue weighted by atomic mass is 9.88. The fourth-order valence-corrected chi connectivity index (χ4v) is 5.42. The molecule has 0 spiro atoms. The number of ether oxygens (including phenoxy) is 3. The molecule has 1 N–H and O–H groups in total. The topological polar surface area (TPSA) is 91.7 Å². The minimum absolute atomic E-state index is 0.144. The fraction of sp³-hybridized carbons (Fsp3) is 0.400. The van der Waals surface area contributed by atoms with Crippen molar-refractivity contribution in [1.29, 1.82) is 0 Å². The first-order valence-electron chi connectivity index (χ1n) is 11.9. The molecule has 1 aromatic heterocycles. The summed E-state index contributed by atoms with van der Waals surface area (Å²) >= 11 is 0. The van der Waals surface area contributed by atoms with Gasteiger partial charge in [0.1, 0.15) is 11.3 Å². The van der Waals surface area contributed by atoms with Gasteiger partial charge < -0.3 is 14.2 Å². The molecule has 0 radical (unpaired) electrons. The molecule has 0 aliphatic carbocycles. The molecule has 2 aromatic carbocycles. The van der Waals surface area contributed by atoms with E-state index in [0.29, 0.717) is 36.4 Å². The van der Waals surface area contributed by atoms with Crippen molar-refractivity contribution in [2.75, 3.05) is 32.7 Å². The predicted molar refractivity (Wildman–Crippen MR) is 131 cm³/mol. The molecule has 218 valence electrons. The summed E-state index contributed by atoms with van der Waals surface area (Å²) in [5.74, 6) is -1.66. The molecular weight excluding hydrogens is 568 g/mol. The van der Waals surface area contributed by atoms with Gasteiger partial charge in [-0.2, -0.15) is 36.2 Å². The molecule has 0 amide bonds. The number of sulfonamides is 1. The van der Waals surface area contributed by atoms with Crippen LogP contribution < -0.4 is 9.46 Å². The quantitative estimate of drug-likeness (QED) is 0.246. The van der Waals surface area contributed by atoms with Crippen LogP contribution in [0.4, 0.5) is 26.3 Å². The molecule has 15 heteroatoms. The third-order valence-electron chi connectivity index (χ3n) is 5.98. The molecule has 2 heterocycles. The molecule has 40 heavy (non-hydrogen) atoms. The maximum absolute atomic E-state index is 12.9. The third kappa shape index (κ3) is 7.33. The van der Waals surface area contributed by atoms with Gasteiger partial charge in [0, 0.05) is 31.9 Å². The van der Waals surface area contributed by atoms with Crippen molar-refractivity contribution in [3.8, 4) is 22.9 Å². The van der Waals surface area contributed by atoms with Gasteiger partial charge in [-0.3, -0.25) is 0 Å². The second kappa shape index (κ2) is 11.4. The Morgan fingerprint density at radius 3 is 2.33 bits per heavy atom. The van der Waals surface area contributed by atoms with Gasteiger partial charge in [-0.25, -0.2) is 13.1 Å². The monoisotopic (exact) mass is 593 g/mol. The first-order valence-corrected chi connectivity index (χ1v) is 13.5. The first-order chi connectivity index (χ1) is 18.7. The summed E-state index contributed by atoms with van der Waals surface area (Å²) in [6.45, 7) is 0.423. The predicted octanol–water partition coefficient (Wildman–Crippen LogP) is 5.10. The van der Waals surface area contributed by atoms with Crippen LogP contribution in [-0.4, -0.2) is 57.1 Å². The molecule has 0 saturated carbocycles. The van der Waals surface area contributed by atoms with E-state index in [0.717, 1.165) is 12.1 Å². The summed E-state index contributed by atoms with van der Waals surface area (Å²) in [5.41, 5.74) is -0.955. The van der Waals surface area contributed by atoms with Crippen molar-refractivity contribution in [3.05, 3.63) is 65.7 Å². The van der Waals surface area contributed by atoms with Crippen LogP contribution in [0.2, 0.25) is 0 Å². The zero-order chi connectivity index (χ0) is 29.2. The molecule has 1 fully saturated rings. The Morgan fingerprint density at radius 2 is 1.75 bits per heavy atom. The van der Waals surface area contributed by atoms with Crippen LogP contribution in [0, 0.1) is 0 Å². The lowest BCUT2D eigenvalue weighted by Gasteiger charge is -2.42. The molecule has 4 rings (SSSR count). The van der Waals surface area contributed by atoms with E-state index >= 15 is 0 Å². The Labute approximate surface area is 225 Å². The van der Waals surface area contributed by atoms with Crippen molar-refractivity contribution >= 4 is 10.0 Å². The second-order valence-corrected chi connectivity index (χ2v) is 10.9. The lowest BCUT2D eigenvalue weighted by molar-refractivity contribution is -0.137. The first kappa shape index (κ1) is 29.8. The molecular formula is C25H25F6N3O5S. The van der Waals surface area contributed by atoms with Gasteiger partial charge in [-0.1, -0.05) is 18.2 Å². The molecule has 1 aliphatic rings. The number of nitrogens with one attached hydrogen (secondary N) is 1. The molecule has 0 unspecified atom stereocenters. The third-order valence-corrected chi connectivity index (χ3v) is 7.39. The molecule has 8 nitrogen and oxygen atoms in total. The minimum atomic E-state index is -4.92. The molecule has 0 atom stereocenters. The Balaban J connectivity index is 1.62. The molecule has 0 bridgehead atoms. The summed E-state index contributed by atoms with van der Waals surface area (Å²) in [4.78, 5) is 0. The van der Waals surface area contributed by atoms with Crippen LogP contribution in [0.3, 0.4) is 0 Å². The zero-order valence-electron chi connectivity index (χ0n) is 21.1. The van der Waals surface area contributed by atoms with Gasteiger partial charge >= 0.3 is 12.4 Å². The van der Waals surface area contributed by atoms with Crippen molar-refractivity contribution in [3.63, 3.8) is 0 Å². The molecule has 1 aliphatic heterocycles. The molecule has 3 aromatic rings. The Kier molecular flexibility index (Phi) is 8.49. The van der Waals surface area contributed by atoms with Crippen molar-refractivity contribution in [1.82, 2.24) is 14.5 Å². The SMILES string of the molecule is COCCCn1nc(-c2cccc(C3(NS(=O)(=O)CC(F)(F)F)COC3)c2)cc1Oc1ccc(C(F)(F)F)cc1. The van der Waals surface area contributed by atoms with E-state index in [1.165, 1.54) is 23.9 Å². The van der Waals surface area contributed by atoms with Crippen LogP contribution >= 0.6 is 0 Å². The fourth-order valence-electron chi connectivity index (χ4n) is 4.09. The number of aryl methyl sites for hydroxylation is 1. The number of halogens is 6. The zero-order valence-corrected chi connectivity index (χ0v) is 21.9. The van der Waals surface area contributed by atoms with Crippen molar-refractivity contribution in [2.45, 2.75) is 30.9 Å². The van der Waals surface area contributed by atoms with E-state index in [9.17, 15) is 34.8 Å². The largest absolute Gasteiger partial charge is 0.439 e. The van der Waals surface area contributed by atoms with Crippen molar-refractivity contribution < 1.29 is 49.0 Å².